The molecule has 1 aliphatic rings. The summed E-state index contributed by atoms with van der Waals surface area (Å²) in [4.78, 5) is 4.25. The Hall–Kier alpha value is -1.18. The van der Waals surface area contributed by atoms with Crippen molar-refractivity contribution < 1.29 is 4.39 Å². The minimum absolute atomic E-state index is 0.171. The first kappa shape index (κ1) is 8.42. The molecule has 0 saturated heterocycles. The Labute approximate surface area is 77.3 Å². The molecule has 0 aliphatic carbocycles. The lowest BCUT2D eigenvalue weighted by atomic mass is 9.90. The lowest BCUT2D eigenvalue weighted by Crippen LogP contribution is -2.04. The molecule has 0 spiro atoms. The van der Waals surface area contributed by atoms with Crippen molar-refractivity contribution in [3.8, 4) is 0 Å². The summed E-state index contributed by atoms with van der Waals surface area (Å²) in [5.41, 5.74) is 1.94. The van der Waals surface area contributed by atoms with Crippen molar-refractivity contribution in [1.29, 1.82) is 0 Å². The zero-order valence-electron chi connectivity index (χ0n) is 7.79. The first-order valence-electron chi connectivity index (χ1n) is 4.52. The predicted octanol–water partition coefficient (Wildman–Crippen LogP) is 3.28. The van der Waals surface area contributed by atoms with Crippen LogP contribution in [0, 0.1) is 11.7 Å². The van der Waals surface area contributed by atoms with Crippen LogP contribution in [-0.2, 0) is 0 Å². The van der Waals surface area contributed by atoms with E-state index in [9.17, 15) is 4.39 Å². The maximum Gasteiger partial charge on any atom is 0.123 e. The molecule has 0 amide bonds. The summed E-state index contributed by atoms with van der Waals surface area (Å²) in [5.74, 6) is 0.590. The van der Waals surface area contributed by atoms with Gasteiger partial charge in [-0.1, -0.05) is 13.8 Å². The van der Waals surface area contributed by atoms with Crippen LogP contribution >= 0.6 is 0 Å². The van der Waals surface area contributed by atoms with Gasteiger partial charge in [-0.15, -0.1) is 0 Å². The first-order valence-corrected chi connectivity index (χ1v) is 4.52. The summed E-state index contributed by atoms with van der Waals surface area (Å²) in [7, 11) is 0. The summed E-state index contributed by atoms with van der Waals surface area (Å²) >= 11 is 0. The van der Waals surface area contributed by atoms with Crippen molar-refractivity contribution in [3.63, 3.8) is 0 Å². The fraction of sp³-hybridized carbons (Fsp3) is 0.364. The Morgan fingerprint density at radius 1 is 1.38 bits per heavy atom. The van der Waals surface area contributed by atoms with Crippen LogP contribution < -0.4 is 0 Å². The molecule has 1 aromatic carbocycles. The van der Waals surface area contributed by atoms with E-state index < -0.39 is 0 Å². The molecular weight excluding hydrogens is 165 g/mol. The molecule has 0 saturated carbocycles. The second kappa shape index (κ2) is 2.95. The van der Waals surface area contributed by atoms with Gasteiger partial charge in [0.05, 0.1) is 5.69 Å². The maximum absolute atomic E-state index is 12.9. The van der Waals surface area contributed by atoms with E-state index in [4.69, 9.17) is 0 Å². The van der Waals surface area contributed by atoms with Gasteiger partial charge in [-0.2, -0.15) is 0 Å². The normalized spacial score (nSPS) is 19.5. The molecule has 1 heterocycles. The second-order valence-corrected chi connectivity index (χ2v) is 3.75. The molecule has 1 aliphatic heterocycles. The summed E-state index contributed by atoms with van der Waals surface area (Å²) in [5, 5.41) is 0. The van der Waals surface area contributed by atoms with E-state index in [1.54, 1.807) is 12.1 Å². The fourth-order valence-electron chi connectivity index (χ4n) is 1.68. The zero-order valence-corrected chi connectivity index (χ0v) is 7.79. The minimum atomic E-state index is -0.171. The highest BCUT2D eigenvalue weighted by Gasteiger charge is 2.21. The number of hydrogen-bond donors (Lipinski definition) is 0. The van der Waals surface area contributed by atoms with Crippen LogP contribution in [0.5, 0.6) is 0 Å². The van der Waals surface area contributed by atoms with Crippen LogP contribution in [0.15, 0.2) is 23.2 Å². The average Bonchev–Trinajstić information content (AvgIpc) is 2.46. The van der Waals surface area contributed by atoms with Crippen molar-refractivity contribution in [2.75, 3.05) is 0 Å². The van der Waals surface area contributed by atoms with Crippen LogP contribution in [0.3, 0.4) is 0 Å². The van der Waals surface area contributed by atoms with E-state index >= 15 is 0 Å². The summed E-state index contributed by atoms with van der Waals surface area (Å²) in [6, 6.07) is 4.79. The van der Waals surface area contributed by atoms with E-state index in [0.29, 0.717) is 5.92 Å². The van der Waals surface area contributed by atoms with Gasteiger partial charge >= 0.3 is 0 Å². The van der Waals surface area contributed by atoms with Gasteiger partial charge in [0.15, 0.2) is 0 Å². The number of benzene rings is 1. The van der Waals surface area contributed by atoms with Gasteiger partial charge in [0.2, 0.25) is 0 Å². The third kappa shape index (κ3) is 1.37. The molecule has 0 fully saturated rings. The van der Waals surface area contributed by atoms with Gasteiger partial charge in [0, 0.05) is 12.1 Å². The Kier molecular flexibility index (Phi) is 1.91. The zero-order chi connectivity index (χ0) is 9.42. The number of hydrogen-bond acceptors (Lipinski definition) is 1. The average molecular weight is 177 g/mol. The molecular formula is C11H12FN. The van der Waals surface area contributed by atoms with Crippen LogP contribution in [0.4, 0.5) is 10.1 Å². The summed E-state index contributed by atoms with van der Waals surface area (Å²) in [6.45, 7) is 4.24. The van der Waals surface area contributed by atoms with Crippen molar-refractivity contribution >= 4 is 11.9 Å². The Morgan fingerprint density at radius 2 is 2.15 bits per heavy atom. The van der Waals surface area contributed by atoms with Crippen molar-refractivity contribution in [1.82, 2.24) is 0 Å². The molecule has 1 nitrogen and oxygen atoms in total. The van der Waals surface area contributed by atoms with Gasteiger partial charge in [0.25, 0.3) is 0 Å². The van der Waals surface area contributed by atoms with E-state index in [1.165, 1.54) is 6.07 Å². The van der Waals surface area contributed by atoms with E-state index in [1.807, 2.05) is 6.21 Å². The highest BCUT2D eigenvalue weighted by atomic mass is 19.1. The molecule has 1 unspecified atom stereocenters. The van der Waals surface area contributed by atoms with Crippen LogP contribution in [-0.4, -0.2) is 6.21 Å². The Balaban J connectivity index is 2.45. The van der Waals surface area contributed by atoms with Crippen molar-refractivity contribution in [2.45, 2.75) is 19.8 Å². The lowest BCUT2D eigenvalue weighted by Gasteiger charge is -2.12. The van der Waals surface area contributed by atoms with E-state index in [-0.39, 0.29) is 11.7 Å². The maximum atomic E-state index is 12.9. The van der Waals surface area contributed by atoms with Crippen molar-refractivity contribution in [3.05, 3.63) is 29.6 Å². The van der Waals surface area contributed by atoms with Gasteiger partial charge in [-0.3, -0.25) is 4.99 Å². The Morgan fingerprint density at radius 3 is 2.85 bits per heavy atom. The first-order chi connectivity index (χ1) is 6.18. The van der Waals surface area contributed by atoms with Crippen LogP contribution in [0.1, 0.15) is 25.3 Å². The quantitative estimate of drug-likeness (QED) is 0.624. The number of rotatable bonds is 1. The standard InChI is InChI=1S/C11H12FN/c1-7(2)10-6-13-11-4-3-8(12)5-9(10)11/h3-7,10H,1-2H3. The Bertz CT molecular complexity index is 355. The number of aliphatic imine (C=N–C) groups is 1. The smallest absolute Gasteiger partial charge is 0.123 e. The third-order valence-corrected chi connectivity index (χ3v) is 2.44. The van der Waals surface area contributed by atoms with Gasteiger partial charge in [-0.25, -0.2) is 4.39 Å². The molecule has 1 aromatic rings. The SMILES string of the molecule is CC(C)C1C=Nc2ccc(F)cc21. The topological polar surface area (TPSA) is 12.4 Å². The van der Waals surface area contributed by atoms with Gasteiger partial charge in [0.1, 0.15) is 5.82 Å². The molecule has 0 radical (unpaired) electrons. The molecule has 0 bridgehead atoms. The largest absolute Gasteiger partial charge is 0.260 e. The minimum Gasteiger partial charge on any atom is -0.260 e. The summed E-state index contributed by atoms with van der Waals surface area (Å²) in [6.07, 6.45) is 1.91. The second-order valence-electron chi connectivity index (χ2n) is 3.75. The van der Waals surface area contributed by atoms with E-state index in [2.05, 4.69) is 18.8 Å². The van der Waals surface area contributed by atoms with Crippen LogP contribution in [0.2, 0.25) is 0 Å². The highest BCUT2D eigenvalue weighted by Crippen LogP contribution is 2.36. The third-order valence-electron chi connectivity index (χ3n) is 2.44. The van der Waals surface area contributed by atoms with Gasteiger partial charge < -0.3 is 0 Å². The molecule has 1 atom stereocenters. The lowest BCUT2D eigenvalue weighted by molar-refractivity contribution is 0.600. The van der Waals surface area contributed by atoms with Crippen LogP contribution in [0.25, 0.3) is 0 Å². The monoisotopic (exact) mass is 177 g/mol. The molecule has 2 heteroatoms. The number of fused-ring (bicyclic) bond motifs is 1. The van der Waals surface area contributed by atoms with Gasteiger partial charge in [-0.05, 0) is 29.7 Å². The number of halogens is 1. The number of nitrogens with zero attached hydrogens (tertiary/aromatic N) is 1. The molecule has 68 valence electrons. The fourth-order valence-corrected chi connectivity index (χ4v) is 1.68. The predicted molar refractivity (Wildman–Crippen MR) is 52.1 cm³/mol. The summed E-state index contributed by atoms with van der Waals surface area (Å²) < 4.78 is 12.9. The van der Waals surface area contributed by atoms with Crippen molar-refractivity contribution in [2.24, 2.45) is 10.9 Å². The molecule has 13 heavy (non-hydrogen) atoms. The molecule has 2 rings (SSSR count). The highest BCUT2D eigenvalue weighted by molar-refractivity contribution is 5.80. The molecule has 0 aromatic heterocycles. The van der Waals surface area contributed by atoms with E-state index in [0.717, 1.165) is 11.3 Å². The molecule has 0 N–H and O–H groups in total.